The molecule has 3 atom stereocenters. The first-order valence-corrected chi connectivity index (χ1v) is 7.99. The van der Waals surface area contributed by atoms with E-state index in [-0.39, 0.29) is 0 Å². The average molecular weight is 275 g/mol. The summed E-state index contributed by atoms with van der Waals surface area (Å²) in [6.07, 6.45) is 4.37. The average Bonchev–Trinajstić information content (AvgIpc) is 2.63. The van der Waals surface area contributed by atoms with Gasteiger partial charge in [-0.3, -0.25) is 9.88 Å². The monoisotopic (exact) mass is 275 g/mol. The van der Waals surface area contributed by atoms with E-state index >= 15 is 0 Å². The molecular weight excluding hydrogens is 246 g/mol. The summed E-state index contributed by atoms with van der Waals surface area (Å²) in [6.45, 7) is 12.4. The predicted octanol–water partition coefficient (Wildman–Crippen LogP) is 2.99. The summed E-state index contributed by atoms with van der Waals surface area (Å²) in [5.74, 6) is 0.729. The molecule has 2 rings (SSSR count). The quantitative estimate of drug-likeness (QED) is 0.915. The number of pyridine rings is 1. The molecule has 0 aliphatic carbocycles. The molecule has 1 saturated heterocycles. The summed E-state index contributed by atoms with van der Waals surface area (Å²) in [7, 11) is 0. The first-order chi connectivity index (χ1) is 9.61. The van der Waals surface area contributed by atoms with Crippen LogP contribution < -0.4 is 5.32 Å². The second-order valence-electron chi connectivity index (χ2n) is 6.28. The van der Waals surface area contributed by atoms with E-state index in [9.17, 15) is 0 Å². The first-order valence-electron chi connectivity index (χ1n) is 7.99. The first kappa shape index (κ1) is 15.5. The van der Waals surface area contributed by atoms with E-state index in [2.05, 4.69) is 49.0 Å². The van der Waals surface area contributed by atoms with Crippen LogP contribution in [-0.2, 0) is 6.54 Å². The minimum Gasteiger partial charge on any atom is -0.312 e. The van der Waals surface area contributed by atoms with Crippen LogP contribution in [0.5, 0.6) is 0 Å². The molecule has 0 saturated carbocycles. The molecule has 112 valence electrons. The van der Waals surface area contributed by atoms with Gasteiger partial charge in [0.1, 0.15) is 0 Å². The van der Waals surface area contributed by atoms with Crippen molar-refractivity contribution < 1.29 is 0 Å². The molecule has 0 spiro atoms. The van der Waals surface area contributed by atoms with Crippen molar-refractivity contribution in [1.29, 1.82) is 0 Å². The van der Waals surface area contributed by atoms with Crippen LogP contribution >= 0.6 is 0 Å². The van der Waals surface area contributed by atoms with E-state index in [1.807, 2.05) is 12.3 Å². The molecule has 3 heteroatoms. The number of hydrogen-bond donors (Lipinski definition) is 1. The second kappa shape index (κ2) is 7.19. The van der Waals surface area contributed by atoms with Crippen LogP contribution in [0, 0.1) is 12.8 Å². The van der Waals surface area contributed by atoms with Crippen LogP contribution in [0.4, 0.5) is 0 Å². The lowest BCUT2D eigenvalue weighted by Crippen LogP contribution is -2.43. The maximum atomic E-state index is 4.57. The fourth-order valence-corrected chi connectivity index (χ4v) is 2.92. The zero-order valence-corrected chi connectivity index (χ0v) is 13.4. The van der Waals surface area contributed by atoms with E-state index in [1.165, 1.54) is 24.1 Å². The van der Waals surface area contributed by atoms with Crippen LogP contribution in [0.1, 0.15) is 44.9 Å². The second-order valence-corrected chi connectivity index (χ2v) is 6.28. The van der Waals surface area contributed by atoms with Crippen LogP contribution in [0.2, 0.25) is 0 Å². The Labute approximate surface area is 123 Å². The molecule has 1 fully saturated rings. The smallest absolute Gasteiger partial charge is 0.0573 e. The third-order valence-corrected chi connectivity index (χ3v) is 4.82. The molecule has 0 radical (unpaired) electrons. The van der Waals surface area contributed by atoms with Crippen molar-refractivity contribution in [1.82, 2.24) is 15.2 Å². The molecule has 0 amide bonds. The van der Waals surface area contributed by atoms with E-state index in [0.29, 0.717) is 12.1 Å². The van der Waals surface area contributed by atoms with E-state index in [1.54, 1.807) is 0 Å². The van der Waals surface area contributed by atoms with Crippen LogP contribution in [0.3, 0.4) is 0 Å². The minimum atomic E-state index is 0.606. The fraction of sp³-hybridized carbons (Fsp3) is 0.706. The molecule has 20 heavy (non-hydrogen) atoms. The van der Waals surface area contributed by atoms with Crippen molar-refractivity contribution in [2.45, 2.75) is 59.2 Å². The SMILES string of the molecule is CCC(C)C1CN(Cc2ncccc2C)C(C)CCN1. The van der Waals surface area contributed by atoms with Gasteiger partial charge in [0.15, 0.2) is 0 Å². The van der Waals surface area contributed by atoms with Crippen LogP contribution in [0.25, 0.3) is 0 Å². The van der Waals surface area contributed by atoms with Gasteiger partial charge < -0.3 is 5.32 Å². The molecule has 1 aromatic heterocycles. The number of nitrogens with zero attached hydrogens (tertiary/aromatic N) is 2. The highest BCUT2D eigenvalue weighted by molar-refractivity contribution is 5.17. The van der Waals surface area contributed by atoms with E-state index in [0.717, 1.165) is 25.6 Å². The Kier molecular flexibility index (Phi) is 5.55. The zero-order valence-electron chi connectivity index (χ0n) is 13.4. The molecular formula is C17H29N3. The Bertz CT molecular complexity index is 418. The molecule has 1 N–H and O–H groups in total. The topological polar surface area (TPSA) is 28.2 Å². The van der Waals surface area contributed by atoms with Crippen molar-refractivity contribution in [3.05, 3.63) is 29.6 Å². The number of aromatic nitrogens is 1. The molecule has 1 aromatic rings. The lowest BCUT2D eigenvalue weighted by Gasteiger charge is -2.31. The number of hydrogen-bond acceptors (Lipinski definition) is 3. The van der Waals surface area contributed by atoms with Crippen molar-refractivity contribution in [2.24, 2.45) is 5.92 Å². The summed E-state index contributed by atoms with van der Waals surface area (Å²) in [4.78, 5) is 7.17. The highest BCUT2D eigenvalue weighted by Gasteiger charge is 2.26. The Hall–Kier alpha value is -0.930. The van der Waals surface area contributed by atoms with Crippen molar-refractivity contribution in [3.63, 3.8) is 0 Å². The molecule has 0 bridgehead atoms. The molecule has 1 aliphatic rings. The molecule has 2 heterocycles. The highest BCUT2D eigenvalue weighted by atomic mass is 15.2. The normalized spacial score (nSPS) is 26.2. The maximum absolute atomic E-state index is 4.57. The molecule has 3 nitrogen and oxygen atoms in total. The molecule has 1 aliphatic heterocycles. The van der Waals surface area contributed by atoms with Crippen LogP contribution in [0.15, 0.2) is 18.3 Å². The van der Waals surface area contributed by atoms with Crippen molar-refractivity contribution in [2.75, 3.05) is 13.1 Å². The van der Waals surface area contributed by atoms with E-state index in [4.69, 9.17) is 0 Å². The largest absolute Gasteiger partial charge is 0.312 e. The van der Waals surface area contributed by atoms with Gasteiger partial charge in [-0.15, -0.1) is 0 Å². The van der Waals surface area contributed by atoms with Gasteiger partial charge in [-0.1, -0.05) is 26.3 Å². The van der Waals surface area contributed by atoms with Gasteiger partial charge >= 0.3 is 0 Å². The summed E-state index contributed by atoms with van der Waals surface area (Å²) in [6, 6.07) is 5.41. The minimum absolute atomic E-state index is 0.606. The van der Waals surface area contributed by atoms with Gasteiger partial charge in [-0.25, -0.2) is 0 Å². The Morgan fingerprint density at radius 1 is 1.50 bits per heavy atom. The highest BCUT2D eigenvalue weighted by Crippen LogP contribution is 2.18. The van der Waals surface area contributed by atoms with Gasteiger partial charge in [0.25, 0.3) is 0 Å². The maximum Gasteiger partial charge on any atom is 0.0573 e. The van der Waals surface area contributed by atoms with Gasteiger partial charge in [0, 0.05) is 31.4 Å². The number of aryl methyl sites for hydroxylation is 1. The third kappa shape index (κ3) is 3.80. The van der Waals surface area contributed by atoms with Crippen LogP contribution in [-0.4, -0.2) is 35.1 Å². The van der Waals surface area contributed by atoms with Crippen molar-refractivity contribution in [3.8, 4) is 0 Å². The van der Waals surface area contributed by atoms with Crippen molar-refractivity contribution >= 4 is 0 Å². The standard InChI is InChI=1S/C17H29N3/c1-5-13(2)16-11-20(15(4)8-10-19-16)12-17-14(3)7-6-9-18-17/h6-7,9,13,15-16,19H,5,8,10-12H2,1-4H3. The summed E-state index contributed by atoms with van der Waals surface area (Å²) >= 11 is 0. The Balaban J connectivity index is 2.09. The predicted molar refractivity (Wildman–Crippen MR) is 84.7 cm³/mol. The number of rotatable bonds is 4. The summed E-state index contributed by atoms with van der Waals surface area (Å²) in [5, 5.41) is 3.73. The lowest BCUT2D eigenvalue weighted by atomic mass is 9.98. The van der Waals surface area contributed by atoms with Gasteiger partial charge in [-0.2, -0.15) is 0 Å². The Morgan fingerprint density at radius 3 is 3.00 bits per heavy atom. The summed E-state index contributed by atoms with van der Waals surface area (Å²) in [5.41, 5.74) is 2.53. The molecule has 0 aromatic carbocycles. The fourth-order valence-electron chi connectivity index (χ4n) is 2.92. The Morgan fingerprint density at radius 2 is 2.30 bits per heavy atom. The van der Waals surface area contributed by atoms with Gasteiger partial charge in [0.05, 0.1) is 5.69 Å². The lowest BCUT2D eigenvalue weighted by molar-refractivity contribution is 0.178. The van der Waals surface area contributed by atoms with E-state index < -0.39 is 0 Å². The third-order valence-electron chi connectivity index (χ3n) is 4.82. The zero-order chi connectivity index (χ0) is 14.5. The number of nitrogens with one attached hydrogen (secondary N) is 1. The van der Waals surface area contributed by atoms with Gasteiger partial charge in [-0.05, 0) is 44.4 Å². The van der Waals surface area contributed by atoms with Gasteiger partial charge in [0.2, 0.25) is 0 Å². The summed E-state index contributed by atoms with van der Waals surface area (Å²) < 4.78 is 0. The molecule has 3 unspecified atom stereocenters.